The lowest BCUT2D eigenvalue weighted by molar-refractivity contribution is -0.118. The molecule has 27 heavy (non-hydrogen) atoms. The smallest absolute Gasteiger partial charge is 0.337 e. The van der Waals surface area contributed by atoms with Crippen LogP contribution >= 0.6 is 0 Å². The molecule has 0 aliphatic rings. The molecule has 0 heterocycles. The van der Waals surface area contributed by atoms with Gasteiger partial charge in [-0.3, -0.25) is 9.59 Å². The van der Waals surface area contributed by atoms with Crippen molar-refractivity contribution in [2.45, 2.75) is 20.3 Å². The summed E-state index contributed by atoms with van der Waals surface area (Å²) in [6.45, 7) is 4.18. The van der Waals surface area contributed by atoms with Gasteiger partial charge in [0, 0.05) is 37.8 Å². The molecule has 2 amide bonds. The number of carbonyl (C=O) groups is 3. The average Bonchev–Trinajstić information content (AvgIpc) is 2.69. The summed E-state index contributed by atoms with van der Waals surface area (Å²) < 4.78 is 4.67. The Bertz CT molecular complexity index is 788. The van der Waals surface area contributed by atoms with Gasteiger partial charge in [-0.1, -0.05) is 18.2 Å². The molecular formula is C21H24N2O4. The summed E-state index contributed by atoms with van der Waals surface area (Å²) in [6, 6.07) is 16.0. The second-order valence-corrected chi connectivity index (χ2v) is 5.93. The van der Waals surface area contributed by atoms with Gasteiger partial charge in [-0.2, -0.15) is 0 Å². The Morgan fingerprint density at radius 3 is 2.00 bits per heavy atom. The van der Waals surface area contributed by atoms with E-state index in [-0.39, 0.29) is 24.8 Å². The van der Waals surface area contributed by atoms with E-state index in [4.69, 9.17) is 0 Å². The number of methoxy groups -OCH3 is 1. The van der Waals surface area contributed by atoms with E-state index in [1.807, 2.05) is 37.3 Å². The third-order valence-electron chi connectivity index (χ3n) is 4.21. The molecule has 0 aromatic heterocycles. The molecule has 0 fully saturated rings. The van der Waals surface area contributed by atoms with Crippen molar-refractivity contribution in [3.8, 4) is 0 Å². The lowest BCUT2D eigenvalue weighted by Gasteiger charge is -2.25. The van der Waals surface area contributed by atoms with Crippen LogP contribution in [-0.4, -0.2) is 38.0 Å². The van der Waals surface area contributed by atoms with Crippen molar-refractivity contribution in [1.82, 2.24) is 0 Å². The summed E-state index contributed by atoms with van der Waals surface area (Å²) in [5.41, 5.74) is 1.87. The predicted octanol–water partition coefficient (Wildman–Crippen LogP) is 3.27. The Balaban J connectivity index is 2.09. The van der Waals surface area contributed by atoms with Crippen LogP contribution in [0.2, 0.25) is 0 Å². The molecule has 0 atom stereocenters. The third-order valence-corrected chi connectivity index (χ3v) is 4.21. The topological polar surface area (TPSA) is 66.9 Å². The van der Waals surface area contributed by atoms with Gasteiger partial charge < -0.3 is 14.5 Å². The number of hydrogen-bond donors (Lipinski definition) is 0. The second kappa shape index (κ2) is 9.52. The van der Waals surface area contributed by atoms with Crippen molar-refractivity contribution in [3.05, 3.63) is 60.2 Å². The molecule has 0 aliphatic heterocycles. The first-order valence-electron chi connectivity index (χ1n) is 8.79. The van der Waals surface area contributed by atoms with Crippen molar-refractivity contribution < 1.29 is 19.1 Å². The zero-order valence-corrected chi connectivity index (χ0v) is 15.8. The number of rotatable bonds is 7. The fraction of sp³-hybridized carbons (Fsp3) is 0.286. The van der Waals surface area contributed by atoms with Crippen molar-refractivity contribution in [2.24, 2.45) is 0 Å². The highest BCUT2D eigenvalue weighted by molar-refractivity contribution is 5.96. The predicted molar refractivity (Wildman–Crippen MR) is 105 cm³/mol. The normalized spacial score (nSPS) is 10.2. The molecule has 142 valence electrons. The molecule has 0 aliphatic carbocycles. The first kappa shape index (κ1) is 20.2. The van der Waals surface area contributed by atoms with Crippen LogP contribution in [-0.2, 0) is 14.3 Å². The summed E-state index contributed by atoms with van der Waals surface area (Å²) in [7, 11) is 1.32. The van der Waals surface area contributed by atoms with Crippen molar-refractivity contribution >= 4 is 29.2 Å². The van der Waals surface area contributed by atoms with E-state index in [2.05, 4.69) is 4.74 Å². The molecule has 0 saturated heterocycles. The first-order chi connectivity index (χ1) is 13.0. The zero-order valence-electron chi connectivity index (χ0n) is 15.8. The number of hydrogen-bond acceptors (Lipinski definition) is 4. The monoisotopic (exact) mass is 368 g/mol. The SMILES string of the molecule is CCN(C(=O)CCN(C(C)=O)c1ccc(C(=O)OC)cc1)c1ccccc1. The molecule has 6 nitrogen and oxygen atoms in total. The van der Waals surface area contributed by atoms with Gasteiger partial charge in [0.2, 0.25) is 11.8 Å². The maximum absolute atomic E-state index is 12.6. The van der Waals surface area contributed by atoms with Gasteiger partial charge in [0.05, 0.1) is 12.7 Å². The van der Waals surface area contributed by atoms with E-state index < -0.39 is 5.97 Å². The number of ether oxygens (including phenoxy) is 1. The summed E-state index contributed by atoms with van der Waals surface area (Å²) in [5, 5.41) is 0. The van der Waals surface area contributed by atoms with Gasteiger partial charge in [-0.25, -0.2) is 4.79 Å². The van der Waals surface area contributed by atoms with Crippen LogP contribution in [0.1, 0.15) is 30.6 Å². The van der Waals surface area contributed by atoms with Crippen LogP contribution in [0.3, 0.4) is 0 Å². The lowest BCUT2D eigenvalue weighted by atomic mass is 10.2. The number of benzene rings is 2. The van der Waals surface area contributed by atoms with Crippen LogP contribution in [0.25, 0.3) is 0 Å². The highest BCUT2D eigenvalue weighted by Crippen LogP contribution is 2.18. The van der Waals surface area contributed by atoms with E-state index in [0.717, 1.165) is 5.69 Å². The van der Waals surface area contributed by atoms with Gasteiger partial charge in [0.25, 0.3) is 0 Å². The number of carbonyl (C=O) groups excluding carboxylic acids is 3. The zero-order chi connectivity index (χ0) is 19.8. The van der Waals surface area contributed by atoms with Gasteiger partial charge in [-0.15, -0.1) is 0 Å². The fourth-order valence-corrected chi connectivity index (χ4v) is 2.82. The number of amides is 2. The molecule has 0 saturated carbocycles. The molecule has 0 N–H and O–H groups in total. The summed E-state index contributed by atoms with van der Waals surface area (Å²) in [6.07, 6.45) is 0.196. The summed E-state index contributed by atoms with van der Waals surface area (Å²) in [5.74, 6) is -0.662. The Morgan fingerprint density at radius 2 is 1.48 bits per heavy atom. The van der Waals surface area contributed by atoms with Crippen LogP contribution in [0, 0.1) is 0 Å². The fourth-order valence-electron chi connectivity index (χ4n) is 2.82. The Hall–Kier alpha value is -3.15. The van der Waals surface area contributed by atoms with Crippen molar-refractivity contribution in [1.29, 1.82) is 0 Å². The Kier molecular flexibility index (Phi) is 7.11. The number of esters is 1. The first-order valence-corrected chi connectivity index (χ1v) is 8.79. The van der Waals surface area contributed by atoms with Crippen molar-refractivity contribution in [2.75, 3.05) is 30.0 Å². The average molecular weight is 368 g/mol. The van der Waals surface area contributed by atoms with Crippen LogP contribution < -0.4 is 9.80 Å². The van der Waals surface area contributed by atoms with E-state index in [9.17, 15) is 14.4 Å². The largest absolute Gasteiger partial charge is 0.465 e. The van der Waals surface area contributed by atoms with E-state index >= 15 is 0 Å². The maximum atomic E-state index is 12.6. The number of nitrogens with zero attached hydrogens (tertiary/aromatic N) is 2. The van der Waals surface area contributed by atoms with Gasteiger partial charge in [0.15, 0.2) is 0 Å². The molecule has 6 heteroatoms. The maximum Gasteiger partial charge on any atom is 0.337 e. The quantitative estimate of drug-likeness (QED) is 0.704. The summed E-state index contributed by atoms with van der Waals surface area (Å²) in [4.78, 5) is 39.4. The summed E-state index contributed by atoms with van der Waals surface area (Å²) >= 11 is 0. The minimum absolute atomic E-state index is 0.0545. The van der Waals surface area contributed by atoms with Crippen molar-refractivity contribution in [3.63, 3.8) is 0 Å². The molecule has 0 bridgehead atoms. The van der Waals surface area contributed by atoms with Crippen LogP contribution in [0.5, 0.6) is 0 Å². The molecule has 2 aromatic carbocycles. The van der Waals surface area contributed by atoms with Crippen LogP contribution in [0.15, 0.2) is 54.6 Å². The minimum Gasteiger partial charge on any atom is -0.465 e. The molecular weight excluding hydrogens is 344 g/mol. The Labute approximate surface area is 159 Å². The van der Waals surface area contributed by atoms with Gasteiger partial charge >= 0.3 is 5.97 Å². The second-order valence-electron chi connectivity index (χ2n) is 5.93. The van der Waals surface area contributed by atoms with E-state index in [1.165, 1.54) is 18.9 Å². The number of anilines is 2. The van der Waals surface area contributed by atoms with Gasteiger partial charge in [-0.05, 0) is 43.3 Å². The van der Waals surface area contributed by atoms with Crippen LogP contribution in [0.4, 0.5) is 11.4 Å². The molecule has 2 rings (SSSR count). The standard InChI is InChI=1S/C21H24N2O4/c1-4-22(18-8-6-5-7-9-18)20(25)14-15-23(16(2)24)19-12-10-17(11-13-19)21(26)27-3/h5-13H,4,14-15H2,1-3H3. The minimum atomic E-state index is -0.437. The molecule has 0 unspecified atom stereocenters. The molecule has 0 radical (unpaired) electrons. The lowest BCUT2D eigenvalue weighted by Crippen LogP contribution is -2.36. The highest BCUT2D eigenvalue weighted by Gasteiger charge is 2.18. The van der Waals surface area contributed by atoms with Gasteiger partial charge in [0.1, 0.15) is 0 Å². The van der Waals surface area contributed by atoms with E-state index in [0.29, 0.717) is 17.8 Å². The third kappa shape index (κ3) is 5.17. The number of para-hydroxylation sites is 1. The highest BCUT2D eigenvalue weighted by atomic mass is 16.5. The molecule has 2 aromatic rings. The van der Waals surface area contributed by atoms with E-state index in [1.54, 1.807) is 29.2 Å². The molecule has 0 spiro atoms. The Morgan fingerprint density at radius 1 is 0.889 bits per heavy atom.